The molecule has 34 heavy (non-hydrogen) atoms. The third kappa shape index (κ3) is 7.66. The minimum atomic E-state index is -0.295. The lowest BCUT2D eigenvalue weighted by Crippen LogP contribution is -2.19. The molecule has 3 aromatic rings. The molecule has 0 saturated heterocycles. The first-order valence-corrected chi connectivity index (χ1v) is 10.9. The molecule has 8 heteroatoms. The molecule has 3 rings (SSSR count). The number of hydrogen-bond donors (Lipinski definition) is 2. The molecule has 1 amide bonds. The summed E-state index contributed by atoms with van der Waals surface area (Å²) in [5, 5.41) is 10.3. The van der Waals surface area contributed by atoms with Crippen molar-refractivity contribution in [3.05, 3.63) is 71.4 Å². The SMILES string of the molecule is COCCNc1cccc(C#Cc2cc(O[C@@H](C)COC)cc(C(=O)Nc3ccn(C)n3)c2)c1. The van der Waals surface area contributed by atoms with E-state index < -0.39 is 0 Å². The Hall–Kier alpha value is -3.80. The fourth-order valence-electron chi connectivity index (χ4n) is 3.19. The third-order valence-corrected chi connectivity index (χ3v) is 4.71. The van der Waals surface area contributed by atoms with Gasteiger partial charge in [-0.3, -0.25) is 9.48 Å². The minimum absolute atomic E-state index is 0.185. The van der Waals surface area contributed by atoms with Gasteiger partial charge in [-0.15, -0.1) is 0 Å². The lowest BCUT2D eigenvalue weighted by molar-refractivity contribution is 0.0917. The Bertz CT molecular complexity index is 1160. The zero-order chi connectivity index (χ0) is 24.3. The predicted octanol–water partition coefficient (Wildman–Crippen LogP) is 3.54. The Morgan fingerprint density at radius 1 is 1.09 bits per heavy atom. The van der Waals surface area contributed by atoms with Crippen LogP contribution < -0.4 is 15.4 Å². The van der Waals surface area contributed by atoms with Crippen molar-refractivity contribution in [2.24, 2.45) is 7.05 Å². The van der Waals surface area contributed by atoms with Crippen LogP contribution in [0.25, 0.3) is 0 Å². The van der Waals surface area contributed by atoms with Crippen molar-refractivity contribution in [3.63, 3.8) is 0 Å². The second-order valence-electron chi connectivity index (χ2n) is 7.71. The lowest BCUT2D eigenvalue weighted by Gasteiger charge is -2.15. The van der Waals surface area contributed by atoms with E-state index in [1.54, 1.807) is 50.3 Å². The normalized spacial score (nSPS) is 11.3. The highest BCUT2D eigenvalue weighted by Crippen LogP contribution is 2.20. The Morgan fingerprint density at radius 2 is 1.91 bits per heavy atom. The molecule has 1 heterocycles. The Labute approximate surface area is 200 Å². The number of ether oxygens (including phenoxy) is 3. The van der Waals surface area contributed by atoms with Crippen molar-refractivity contribution in [2.75, 3.05) is 44.6 Å². The Balaban J connectivity index is 1.85. The fourth-order valence-corrected chi connectivity index (χ4v) is 3.19. The molecular formula is C26H30N4O4. The molecule has 2 N–H and O–H groups in total. The summed E-state index contributed by atoms with van der Waals surface area (Å²) in [5.74, 6) is 7.03. The topological polar surface area (TPSA) is 86.6 Å². The van der Waals surface area contributed by atoms with Gasteiger partial charge in [0, 0.05) is 62.5 Å². The molecule has 1 atom stereocenters. The van der Waals surface area contributed by atoms with E-state index in [-0.39, 0.29) is 12.0 Å². The second kappa shape index (κ2) is 12.4. The summed E-state index contributed by atoms with van der Waals surface area (Å²) >= 11 is 0. The number of amides is 1. The first kappa shape index (κ1) is 24.8. The number of nitrogens with zero attached hydrogens (tertiary/aromatic N) is 2. The molecule has 0 bridgehead atoms. The summed E-state index contributed by atoms with van der Waals surface area (Å²) in [6, 6.07) is 14.8. The number of carbonyl (C=O) groups is 1. The average molecular weight is 463 g/mol. The van der Waals surface area contributed by atoms with Crippen LogP contribution in [0.1, 0.15) is 28.4 Å². The number of methoxy groups -OCH3 is 2. The van der Waals surface area contributed by atoms with Crippen LogP contribution >= 0.6 is 0 Å². The van der Waals surface area contributed by atoms with Crippen LogP contribution in [0.2, 0.25) is 0 Å². The Kier molecular flexibility index (Phi) is 9.09. The molecule has 2 aromatic carbocycles. The van der Waals surface area contributed by atoms with Gasteiger partial charge >= 0.3 is 0 Å². The maximum Gasteiger partial charge on any atom is 0.257 e. The van der Waals surface area contributed by atoms with Gasteiger partial charge in [0.1, 0.15) is 11.9 Å². The van der Waals surface area contributed by atoms with Gasteiger partial charge in [0.15, 0.2) is 5.82 Å². The van der Waals surface area contributed by atoms with Crippen molar-refractivity contribution in [2.45, 2.75) is 13.0 Å². The van der Waals surface area contributed by atoms with Crippen LogP contribution in [0.15, 0.2) is 54.7 Å². The summed E-state index contributed by atoms with van der Waals surface area (Å²) in [6.45, 7) is 3.65. The van der Waals surface area contributed by atoms with E-state index in [0.29, 0.717) is 42.5 Å². The number of hydrogen-bond acceptors (Lipinski definition) is 6. The molecule has 8 nitrogen and oxygen atoms in total. The number of aromatic nitrogens is 2. The molecular weight excluding hydrogens is 432 g/mol. The van der Waals surface area contributed by atoms with Crippen LogP contribution in [-0.4, -0.2) is 55.8 Å². The number of anilines is 2. The maximum absolute atomic E-state index is 12.9. The predicted molar refractivity (Wildman–Crippen MR) is 132 cm³/mol. The second-order valence-corrected chi connectivity index (χ2v) is 7.71. The Morgan fingerprint density at radius 3 is 2.65 bits per heavy atom. The molecule has 0 radical (unpaired) electrons. The van der Waals surface area contributed by atoms with Gasteiger partial charge in [-0.1, -0.05) is 17.9 Å². The van der Waals surface area contributed by atoms with Crippen molar-refractivity contribution < 1.29 is 19.0 Å². The molecule has 178 valence electrons. The summed E-state index contributed by atoms with van der Waals surface area (Å²) < 4.78 is 17.8. The molecule has 1 aromatic heterocycles. The number of aryl methyl sites for hydroxylation is 1. The molecule has 0 spiro atoms. The van der Waals surface area contributed by atoms with Crippen LogP contribution in [-0.2, 0) is 16.5 Å². The van der Waals surface area contributed by atoms with Crippen LogP contribution in [0.4, 0.5) is 11.5 Å². The largest absolute Gasteiger partial charge is 0.488 e. The van der Waals surface area contributed by atoms with Crippen molar-refractivity contribution >= 4 is 17.4 Å². The number of benzene rings is 2. The van der Waals surface area contributed by atoms with E-state index in [4.69, 9.17) is 14.2 Å². The summed E-state index contributed by atoms with van der Waals surface area (Å²) in [5.41, 5.74) is 2.89. The van der Waals surface area contributed by atoms with E-state index in [1.165, 1.54) is 0 Å². The van der Waals surface area contributed by atoms with Crippen molar-refractivity contribution in [3.8, 4) is 17.6 Å². The maximum atomic E-state index is 12.9. The van der Waals surface area contributed by atoms with Gasteiger partial charge in [-0.25, -0.2) is 0 Å². The third-order valence-electron chi connectivity index (χ3n) is 4.71. The molecule has 0 fully saturated rings. The molecule has 0 aliphatic heterocycles. The zero-order valence-corrected chi connectivity index (χ0v) is 19.9. The lowest BCUT2D eigenvalue weighted by atomic mass is 10.1. The van der Waals surface area contributed by atoms with E-state index in [0.717, 1.165) is 11.3 Å². The van der Waals surface area contributed by atoms with Crippen LogP contribution in [0.5, 0.6) is 5.75 Å². The smallest absolute Gasteiger partial charge is 0.257 e. The van der Waals surface area contributed by atoms with Gasteiger partial charge in [0.25, 0.3) is 5.91 Å². The van der Waals surface area contributed by atoms with Gasteiger partial charge in [-0.2, -0.15) is 5.10 Å². The highest BCUT2D eigenvalue weighted by Gasteiger charge is 2.12. The minimum Gasteiger partial charge on any atom is -0.488 e. The van der Waals surface area contributed by atoms with E-state index in [9.17, 15) is 4.79 Å². The number of rotatable bonds is 10. The number of nitrogens with one attached hydrogen (secondary N) is 2. The van der Waals surface area contributed by atoms with Crippen LogP contribution in [0, 0.1) is 11.8 Å². The first-order chi connectivity index (χ1) is 16.5. The summed E-state index contributed by atoms with van der Waals surface area (Å²) in [6.07, 6.45) is 1.58. The van der Waals surface area contributed by atoms with Gasteiger partial charge in [-0.05, 0) is 43.3 Å². The molecule has 0 saturated carbocycles. The summed E-state index contributed by atoms with van der Waals surface area (Å²) in [7, 11) is 5.07. The number of carbonyl (C=O) groups excluding carboxylic acids is 1. The first-order valence-electron chi connectivity index (χ1n) is 10.9. The molecule has 0 aliphatic carbocycles. The zero-order valence-electron chi connectivity index (χ0n) is 19.9. The van der Waals surface area contributed by atoms with Gasteiger partial charge in [0.05, 0.1) is 13.2 Å². The average Bonchev–Trinajstić information content (AvgIpc) is 3.22. The molecule has 0 aliphatic rings. The summed E-state index contributed by atoms with van der Waals surface area (Å²) in [4.78, 5) is 12.9. The van der Waals surface area contributed by atoms with E-state index in [1.807, 2.05) is 37.3 Å². The van der Waals surface area contributed by atoms with Gasteiger partial charge in [0.2, 0.25) is 0 Å². The highest BCUT2D eigenvalue weighted by molar-refractivity contribution is 6.04. The van der Waals surface area contributed by atoms with Crippen LogP contribution in [0.3, 0.4) is 0 Å². The highest BCUT2D eigenvalue weighted by atomic mass is 16.5. The van der Waals surface area contributed by atoms with Crippen molar-refractivity contribution in [1.82, 2.24) is 9.78 Å². The fraction of sp³-hybridized carbons (Fsp3) is 0.308. The monoisotopic (exact) mass is 462 g/mol. The van der Waals surface area contributed by atoms with Crippen molar-refractivity contribution in [1.29, 1.82) is 0 Å². The van der Waals surface area contributed by atoms with E-state index >= 15 is 0 Å². The standard InChI is InChI=1S/C26H30N4O4/c1-19(18-33-4)34-24-16-21(9-8-20-6-5-7-23(15-20)27-11-13-32-3)14-22(17-24)26(31)28-25-10-12-30(2)29-25/h5-7,10,12,14-17,19,27H,11,13,18H2,1-4H3,(H,28,29,31)/t19-/m0/s1. The van der Waals surface area contributed by atoms with Gasteiger partial charge < -0.3 is 24.8 Å². The van der Waals surface area contributed by atoms with E-state index in [2.05, 4.69) is 27.6 Å². The quantitative estimate of drug-likeness (QED) is 0.354. The molecule has 0 unspecified atom stereocenters.